The number of phosphoric acid groups is 4. The molecule has 231 valence electrons. The zero-order valence-electron chi connectivity index (χ0n) is 21.0. The van der Waals surface area contributed by atoms with Gasteiger partial charge in [0.25, 0.3) is 31.3 Å². The molecule has 0 saturated carbocycles. The van der Waals surface area contributed by atoms with Crippen LogP contribution < -0.4 is 31.0 Å². The first-order chi connectivity index (χ1) is 15.8. The van der Waals surface area contributed by atoms with Crippen LogP contribution in [0, 0.1) is 27.7 Å². The van der Waals surface area contributed by atoms with E-state index in [2.05, 4.69) is 84.2 Å². The molecule has 0 amide bonds. The zero-order chi connectivity index (χ0) is 29.1. The van der Waals surface area contributed by atoms with E-state index in [1.807, 2.05) is 0 Å². The molecular weight excluding hydrogens is 659 g/mol. The van der Waals surface area contributed by atoms with Gasteiger partial charge in [0, 0.05) is 22.3 Å². The summed E-state index contributed by atoms with van der Waals surface area (Å²) in [6.07, 6.45) is 0. The van der Waals surface area contributed by atoms with Crippen LogP contribution in [0.4, 0.5) is 11.4 Å². The van der Waals surface area contributed by atoms with Crippen LogP contribution >= 0.6 is 31.3 Å². The number of hydrogen-bond donors (Lipinski definition) is 6. The first-order valence-corrected chi connectivity index (χ1v) is 15.2. The van der Waals surface area contributed by atoms with Gasteiger partial charge in [0.15, 0.2) is 0 Å². The molecular formula is C16H34CoN2O16P4+2. The largest absolute Gasteiger partial charge is 2.00 e. The molecule has 0 aliphatic heterocycles. The topological polar surface area (TPSA) is 381 Å². The third-order valence-corrected chi connectivity index (χ3v) is 7.00. The van der Waals surface area contributed by atoms with Crippen LogP contribution in [0.15, 0.2) is 36.4 Å². The molecule has 2 aromatic carbocycles. The molecule has 39 heavy (non-hydrogen) atoms. The minimum atomic E-state index is -5.36. The molecule has 0 bridgehead atoms. The molecule has 16 N–H and O–H groups in total. The summed E-state index contributed by atoms with van der Waals surface area (Å²) in [5, 5.41) is 0. The number of aryl methyl sites for hydroxylation is 4. The van der Waals surface area contributed by atoms with Crippen molar-refractivity contribution in [3.05, 3.63) is 58.7 Å². The standard InChI is InChI=1S/2C8H11N.Co.2H4O7P2.2H2O/c2*1-6-4-3-5-7(2)8(6)9;;2*1-8(2,3)7-9(4,5)6;;/h2*3-5H,9H2,1-2H3;;2*(H2,1,2,3)(H2,4,5,6);2*1H2/q;;+2;;;;. The Bertz CT molecular complexity index is 1000. The first kappa shape index (κ1) is 48.1. The van der Waals surface area contributed by atoms with Crippen LogP contribution in [0.2, 0.25) is 0 Å². The van der Waals surface area contributed by atoms with Gasteiger partial charge in [-0.25, -0.2) is 8.62 Å². The molecule has 4 unspecified atom stereocenters. The van der Waals surface area contributed by atoms with E-state index < -0.39 is 31.3 Å². The van der Waals surface area contributed by atoms with Gasteiger partial charge in [-0.3, -0.25) is 18.3 Å². The predicted molar refractivity (Wildman–Crippen MR) is 128 cm³/mol. The summed E-state index contributed by atoms with van der Waals surface area (Å²) in [4.78, 5) is 68.3. The van der Waals surface area contributed by atoms with E-state index in [9.17, 15) is 37.8 Å². The molecule has 0 saturated heterocycles. The molecule has 18 nitrogen and oxygen atoms in total. The number of hydrogen-bond acceptors (Lipinski definition) is 10. The maximum Gasteiger partial charge on any atom is 2.00 e. The molecule has 4 atom stereocenters. The summed E-state index contributed by atoms with van der Waals surface area (Å²) < 4.78 is 43.4. The fourth-order valence-electron chi connectivity index (χ4n) is 1.96. The molecule has 0 heterocycles. The van der Waals surface area contributed by atoms with E-state index in [1.165, 1.54) is 22.3 Å². The Balaban J connectivity index is -0.000000128. The molecule has 23 heteroatoms. The molecule has 2 rings (SSSR count). The zero-order valence-corrected chi connectivity index (χ0v) is 25.6. The van der Waals surface area contributed by atoms with E-state index in [-0.39, 0.29) is 27.7 Å². The smallest absolute Gasteiger partial charge is 0.756 e. The van der Waals surface area contributed by atoms with Gasteiger partial charge in [0.1, 0.15) is 11.4 Å². The molecule has 0 aliphatic carbocycles. The summed E-state index contributed by atoms with van der Waals surface area (Å²) in [5.74, 6) is 0. The summed E-state index contributed by atoms with van der Waals surface area (Å²) in [6.45, 7) is 8.31. The summed E-state index contributed by atoms with van der Waals surface area (Å²) in [5.41, 5.74) is 15.3. The number of benzene rings is 2. The molecule has 0 spiro atoms. The summed E-state index contributed by atoms with van der Waals surface area (Å²) >= 11 is 0. The van der Waals surface area contributed by atoms with Crippen molar-refractivity contribution in [2.24, 2.45) is 0 Å². The van der Waals surface area contributed by atoms with Gasteiger partial charge in [-0.1, -0.05) is 36.4 Å². The van der Waals surface area contributed by atoms with Crippen molar-refractivity contribution in [3.63, 3.8) is 0 Å². The van der Waals surface area contributed by atoms with E-state index in [0.717, 1.165) is 11.4 Å². The summed E-state index contributed by atoms with van der Waals surface area (Å²) in [6, 6.07) is 12.4. The van der Waals surface area contributed by atoms with Crippen molar-refractivity contribution in [2.75, 3.05) is 0 Å². The van der Waals surface area contributed by atoms with Crippen molar-refractivity contribution in [2.45, 2.75) is 27.7 Å². The predicted octanol–water partition coefficient (Wildman–Crippen LogP) is -3.64. The van der Waals surface area contributed by atoms with E-state index >= 15 is 0 Å². The maximum absolute atomic E-state index is 9.48. The molecule has 2 aromatic rings. The van der Waals surface area contributed by atoms with Crippen molar-refractivity contribution in [1.82, 2.24) is 0 Å². The number of quaternary nitrogens is 2. The number of rotatable bonds is 4. The monoisotopic (exact) mass is 693 g/mol. The van der Waals surface area contributed by atoms with E-state index in [4.69, 9.17) is 19.6 Å². The van der Waals surface area contributed by atoms with Crippen LogP contribution in [0.3, 0.4) is 0 Å². The second-order valence-corrected chi connectivity index (χ2v) is 11.8. The molecule has 1 radical (unpaired) electrons. The van der Waals surface area contributed by atoms with Crippen LogP contribution in [0.5, 0.6) is 0 Å². The minimum Gasteiger partial charge on any atom is -0.756 e. The van der Waals surface area contributed by atoms with Gasteiger partial charge in [0.05, 0.1) is 0 Å². The average Bonchev–Trinajstić information content (AvgIpc) is 2.59. The van der Waals surface area contributed by atoms with Crippen molar-refractivity contribution >= 4 is 42.7 Å². The Morgan fingerprint density at radius 3 is 0.795 bits per heavy atom. The van der Waals surface area contributed by atoms with Crippen molar-refractivity contribution < 1.29 is 105 Å². The second-order valence-electron chi connectivity index (χ2n) is 6.78. The second kappa shape index (κ2) is 20.2. The quantitative estimate of drug-likeness (QED) is 0.133. The third kappa shape index (κ3) is 30.1. The molecule has 0 aromatic heterocycles. The SMILES string of the molecule is Cc1cccc(C)c1[NH3+].Cc1cccc(C)c1[NH3+].O=P([O-])(O)OP(=O)([O-])O.O=P([O-])(O)OP(=O)([O-])O.[Co+2].[OH3+].[OH3+]. The van der Waals surface area contributed by atoms with Crippen LogP contribution in [-0.2, 0) is 54.6 Å². The molecule has 0 fully saturated rings. The Kier molecular flexibility index (Phi) is 24.9. The van der Waals surface area contributed by atoms with Crippen LogP contribution in [-0.4, -0.2) is 19.6 Å². The van der Waals surface area contributed by atoms with Crippen molar-refractivity contribution in [1.29, 1.82) is 0 Å². The van der Waals surface area contributed by atoms with Gasteiger partial charge in [0.2, 0.25) is 0 Å². The van der Waals surface area contributed by atoms with Gasteiger partial charge >= 0.3 is 16.8 Å². The third-order valence-electron chi connectivity index (χ3n) is 3.70. The van der Waals surface area contributed by atoms with E-state index in [0.29, 0.717) is 0 Å². The van der Waals surface area contributed by atoms with Crippen molar-refractivity contribution in [3.8, 4) is 0 Å². The Morgan fingerprint density at radius 2 is 0.718 bits per heavy atom. The van der Waals surface area contributed by atoms with Crippen LogP contribution in [0.1, 0.15) is 22.3 Å². The maximum atomic E-state index is 9.48. The first-order valence-electron chi connectivity index (χ1n) is 9.19. The summed E-state index contributed by atoms with van der Waals surface area (Å²) in [7, 11) is -21.5. The van der Waals surface area contributed by atoms with Gasteiger partial charge < -0.3 is 61.6 Å². The van der Waals surface area contributed by atoms with Crippen LogP contribution in [0.25, 0.3) is 0 Å². The van der Waals surface area contributed by atoms with Gasteiger partial charge in [-0.05, 0) is 27.7 Å². The van der Waals surface area contributed by atoms with Gasteiger partial charge in [-0.2, -0.15) is 0 Å². The minimum absolute atomic E-state index is 0. The Hall–Kier alpha value is -0.694. The average molecular weight is 693 g/mol. The Morgan fingerprint density at radius 1 is 0.564 bits per heavy atom. The van der Waals surface area contributed by atoms with E-state index in [1.54, 1.807) is 0 Å². The fraction of sp³-hybridized carbons (Fsp3) is 0.250. The Labute approximate surface area is 234 Å². The fourth-order valence-corrected chi connectivity index (χ4v) is 4.05. The van der Waals surface area contributed by atoms with Gasteiger partial charge in [-0.15, -0.1) is 0 Å². The molecule has 0 aliphatic rings. The normalized spacial score (nSPS) is 15.7.